The molecule has 9 heterocycles. The van der Waals surface area contributed by atoms with Gasteiger partial charge in [0.2, 0.25) is 0 Å². The summed E-state index contributed by atoms with van der Waals surface area (Å²) in [6.07, 6.45) is -26.0. The largest absolute Gasteiger partial charge is 0.502 e. The van der Waals surface area contributed by atoms with Gasteiger partial charge in [0.1, 0.15) is 73.2 Å². The van der Waals surface area contributed by atoms with E-state index in [2.05, 4.69) is 35.1 Å². The second-order valence-corrected chi connectivity index (χ2v) is 33.3. The number of aromatic nitrogens is 8. The van der Waals surface area contributed by atoms with E-state index in [1.807, 2.05) is 4.98 Å². The zero-order valence-corrected chi connectivity index (χ0v) is 55.3. The van der Waals surface area contributed by atoms with Crippen LogP contribution in [0.4, 0.5) is 0 Å². The lowest BCUT2D eigenvalue weighted by Gasteiger charge is -2.27. The summed E-state index contributed by atoms with van der Waals surface area (Å²) in [5.74, 6) is -3.35. The fraction of sp³-hybridized carbons (Fsp3) is 0.556. The molecule has 0 aliphatic carbocycles. The van der Waals surface area contributed by atoms with Gasteiger partial charge in [-0.3, -0.25) is 71.0 Å². The number of nitrogens with one attached hydrogen (secondary N) is 4. The van der Waals surface area contributed by atoms with E-state index in [1.165, 1.54) is 0 Å². The number of phosphoric ester groups is 1. The summed E-state index contributed by atoms with van der Waals surface area (Å²) in [5.41, 5.74) is -8.39. The zero-order valence-electron chi connectivity index (χ0n) is 47.6. The molecule has 5 aliphatic heterocycles. The van der Waals surface area contributed by atoms with Crippen LogP contribution in [0.2, 0.25) is 0 Å². The molecule has 8 unspecified atom stereocenters. The van der Waals surface area contributed by atoms with Crippen molar-refractivity contribution in [1.82, 2.24) is 38.2 Å². The van der Waals surface area contributed by atoms with Crippen LogP contribution in [0.3, 0.4) is 0 Å². The van der Waals surface area contributed by atoms with E-state index in [0.29, 0.717) is 26.1 Å². The van der Waals surface area contributed by atoms with Crippen LogP contribution < -0.4 is 45.0 Å². The first-order valence-corrected chi connectivity index (χ1v) is 38.0. The third-order valence-electron chi connectivity index (χ3n) is 12.6. The van der Waals surface area contributed by atoms with Crippen molar-refractivity contribution in [3.8, 4) is 23.0 Å². The summed E-state index contributed by atoms with van der Waals surface area (Å²) in [6, 6.07) is 0. The number of hydrogen-bond acceptors (Lipinski definition) is 40. The van der Waals surface area contributed by atoms with Crippen LogP contribution in [0.5, 0.6) is 23.0 Å². The van der Waals surface area contributed by atoms with Crippen molar-refractivity contribution < 1.29 is 182 Å². The van der Waals surface area contributed by atoms with E-state index in [0.717, 1.165) is 17.0 Å². The van der Waals surface area contributed by atoms with Crippen molar-refractivity contribution in [2.24, 2.45) is 0 Å². The second kappa shape index (κ2) is 32.0. The van der Waals surface area contributed by atoms with Crippen LogP contribution in [0, 0.1) is 0 Å². The fourth-order valence-corrected chi connectivity index (χ4v) is 16.9. The van der Waals surface area contributed by atoms with Crippen LogP contribution >= 0.6 is 75.5 Å². The Kier molecular flexibility index (Phi) is 26.8. The molecule has 5 saturated heterocycles. The molecule has 0 radical (unpaired) electrons. The molecule has 54 nitrogen and oxygen atoms in total. The topological polar surface area (TPSA) is 834 Å². The first kappa shape index (κ1) is 83.0. The zero-order chi connectivity index (χ0) is 74.9. The molecule has 0 bridgehead atoms. The van der Waals surface area contributed by atoms with E-state index in [9.17, 15) is 136 Å². The third-order valence-corrected chi connectivity index (χ3v) is 22.8. The van der Waals surface area contributed by atoms with Gasteiger partial charge in [0.15, 0.2) is 47.9 Å². The summed E-state index contributed by atoms with van der Waals surface area (Å²) in [7, 11) is -32.6. The Bertz CT molecular complexity index is 4440. The fourth-order valence-electron chi connectivity index (χ4n) is 8.33. The molecule has 560 valence electrons. The minimum atomic E-state index is -5.76. The van der Waals surface area contributed by atoms with Crippen molar-refractivity contribution in [3.63, 3.8) is 0 Å². The highest BCUT2D eigenvalue weighted by atomic mass is 35.9. The number of aromatic hydroxyl groups is 4. The van der Waals surface area contributed by atoms with Gasteiger partial charge in [0.25, 0.3) is 22.2 Å². The van der Waals surface area contributed by atoms with Gasteiger partial charge in [-0.1, -0.05) is 0 Å². The van der Waals surface area contributed by atoms with Gasteiger partial charge in [-0.15, -0.1) is 0 Å². The van der Waals surface area contributed by atoms with Crippen LogP contribution in [-0.4, -0.2) is 234 Å². The number of aromatic amines is 4. The summed E-state index contributed by atoms with van der Waals surface area (Å²) in [4.78, 5) is 152. The average Bonchev–Trinajstić information content (AvgIpc) is 1.78. The van der Waals surface area contributed by atoms with Gasteiger partial charge in [0.05, 0.1) is 51.2 Å². The molecular weight excluding hydrogens is 1570 g/mol. The average molecular weight is 1620 g/mol. The van der Waals surface area contributed by atoms with Gasteiger partial charge >= 0.3 is 75.8 Å². The number of phosphoric acid groups is 6. The number of halogens is 2. The predicted molar refractivity (Wildman–Crippen MR) is 304 cm³/mol. The Morgan fingerprint density at radius 3 is 1.00 bits per heavy atom. The third kappa shape index (κ3) is 21.6. The Hall–Kier alpha value is -4.97. The number of rotatable bonds is 18. The van der Waals surface area contributed by atoms with Crippen LogP contribution in [0.25, 0.3) is 0 Å². The molecule has 23 N–H and O–H groups in total. The highest BCUT2D eigenvalue weighted by Crippen LogP contribution is 2.80. The summed E-state index contributed by atoms with van der Waals surface area (Å²) < 4.78 is 134. The van der Waals surface area contributed by atoms with Crippen molar-refractivity contribution in [1.29, 1.82) is 0 Å². The predicted octanol–water partition coefficient (Wildman–Crippen LogP) is -8.23. The maximum atomic E-state index is 12.2. The summed E-state index contributed by atoms with van der Waals surface area (Å²) in [6.45, 7) is -3.15. The molecule has 4 aromatic heterocycles. The van der Waals surface area contributed by atoms with Gasteiger partial charge in [-0.25, -0.2) is 46.6 Å². The number of H-pyrrole nitrogens is 4. The highest BCUT2D eigenvalue weighted by Gasteiger charge is 2.56. The van der Waals surface area contributed by atoms with Crippen LogP contribution in [0.1, 0.15) is 24.9 Å². The van der Waals surface area contributed by atoms with Gasteiger partial charge in [-0.05, 0) is 22.5 Å². The lowest BCUT2D eigenvalue weighted by Crippen LogP contribution is -2.37. The van der Waals surface area contributed by atoms with Crippen molar-refractivity contribution in [3.05, 3.63) is 108 Å². The van der Waals surface area contributed by atoms with Crippen molar-refractivity contribution in [2.45, 2.75) is 98.2 Å². The van der Waals surface area contributed by atoms with Crippen LogP contribution in [-0.2, 0) is 86.0 Å². The highest BCUT2D eigenvalue weighted by molar-refractivity contribution is 8.05. The number of hydrogen-bond donors (Lipinski definition) is 23. The van der Waals surface area contributed by atoms with E-state index in [-0.39, 0.29) is 0 Å². The number of ether oxygens (including phenoxy) is 4. The smallest absolute Gasteiger partial charge is 0.492 e. The minimum absolute atomic E-state index is 0.495. The Morgan fingerprint density at radius 1 is 0.434 bits per heavy atom. The first-order valence-electron chi connectivity index (χ1n) is 25.6. The Labute approximate surface area is 549 Å². The lowest BCUT2D eigenvalue weighted by atomic mass is 10.1. The molecule has 0 saturated carbocycles. The molecular formula is C36H51Cl2N8O46P7. The SMILES string of the molecule is O=c1[nH]c(=O)n([C@@H]2O[C@H](CO)[C@H](O)C2O)cc1O.O=c1[nH]c(=O)n([C@@H]2O[C@H](COP(=O)(Cl)Cl)[C@H](O)C2O)cc1O.O=c1[nH]c(=O)n([C@@H]2O[C@H](COP(=O)(O)OP(=O)(O)OP(=O)(O)O)[C@H](O)C2O)cc1O.O=c1[nH]c(=O)n([C@@H]2O[C@H](COP3(=O)OP(=O)(O)OP(=O)(O)O3)[C@H](O)C2O)cc1O. The number of aliphatic hydroxyl groups is 9. The van der Waals surface area contributed by atoms with E-state index >= 15 is 0 Å². The van der Waals surface area contributed by atoms with Crippen molar-refractivity contribution in [2.75, 3.05) is 26.4 Å². The number of aliphatic hydroxyl groups excluding tert-OH is 9. The Morgan fingerprint density at radius 2 is 0.717 bits per heavy atom. The van der Waals surface area contributed by atoms with Gasteiger partial charge in [0, 0.05) is 0 Å². The monoisotopic (exact) mass is 1620 g/mol. The lowest BCUT2D eigenvalue weighted by molar-refractivity contribution is -0.0552. The molecule has 5 fully saturated rings. The maximum Gasteiger partial charge on any atom is 0.492 e. The van der Waals surface area contributed by atoms with Crippen LogP contribution in [0.15, 0.2) is 63.1 Å². The quantitative estimate of drug-likeness (QED) is 0.0411. The maximum absolute atomic E-state index is 12.2. The van der Waals surface area contributed by atoms with E-state index < -0.39 is 246 Å². The van der Waals surface area contributed by atoms with E-state index in [1.54, 1.807) is 15.0 Å². The van der Waals surface area contributed by atoms with Gasteiger partial charge < -0.3 is 119 Å². The molecule has 0 amide bonds. The summed E-state index contributed by atoms with van der Waals surface area (Å²) >= 11 is 10.4. The van der Waals surface area contributed by atoms with Crippen molar-refractivity contribution >= 4 is 75.5 Å². The molecule has 63 heteroatoms. The summed E-state index contributed by atoms with van der Waals surface area (Å²) in [5, 5.41) is 125. The molecule has 4 aromatic rings. The van der Waals surface area contributed by atoms with Gasteiger partial charge in [-0.2, -0.15) is 21.6 Å². The minimum Gasteiger partial charge on any atom is -0.502 e. The molecule has 99 heavy (non-hydrogen) atoms. The molecule has 0 spiro atoms. The van der Waals surface area contributed by atoms with E-state index in [4.69, 9.17) is 71.0 Å². The standard InChI is InChI=1S/C9H11Cl2N2O8P.C9H15N2O16P3.C9H13N2O15P3.C9H12N2O7/c10-22(11,19)20-2-4-5(15)6(16)8(21-4)13-1-3(14)7(17)12-9(13)18;12-3-1-11(9(16)10-7(3)15)8-6(14)5(13)4(25-8)2-24-29(20,21)27-30(22,23)26-28(17,18)19;12-3-1-11(9(16)10-7(3)15)8-6(14)5(13)4(23-8)2-22-29(21)25-27(17,18)24-28(19,20)26-29;12-2-4-5(14)6(15)8(18-4)11-1-3(13)7(16)10-9(11)17/h1,4-6,8,14-16H,2H2,(H,12,17,18);1,4-6,8,12-14H,2H2,(H,20,21)(H,22,23)(H,10,15,16)(H2,17,18,19);1,4-6,8,12-14H,2H2,(H,17,18)(H,19,20)(H,10,15,16);1,4-6,8,12-15H,2H2,(H,10,16,17)/t4*4-,5+,6?,8-/m1111/s1. The first-order chi connectivity index (χ1) is 45.3. The Balaban J connectivity index is 0.000000212. The normalized spacial score (nSPS) is 33.4. The molecule has 9 rings (SSSR count). The molecule has 0 aromatic carbocycles. The number of nitrogens with zero attached hydrogens (tertiary/aromatic N) is 4. The molecule has 5 aliphatic rings. The molecule has 20 atom stereocenters. The second-order valence-electron chi connectivity index (χ2n) is 19.6.